The van der Waals surface area contributed by atoms with Crippen molar-refractivity contribution in [1.29, 1.82) is 0 Å². The molecule has 0 radical (unpaired) electrons. The number of methoxy groups -OCH3 is 1. The van der Waals surface area contributed by atoms with Crippen molar-refractivity contribution in [2.75, 3.05) is 20.3 Å². The number of hydrogen-bond donors (Lipinski definition) is 0. The Morgan fingerprint density at radius 3 is 2.84 bits per heavy atom. The number of benzene rings is 1. The summed E-state index contributed by atoms with van der Waals surface area (Å²) in [6, 6.07) is 7.82. The highest BCUT2D eigenvalue weighted by atomic mass is 16.5. The lowest BCUT2D eigenvalue weighted by atomic mass is 10.0. The van der Waals surface area contributed by atoms with E-state index < -0.39 is 5.97 Å². The fourth-order valence-electron chi connectivity index (χ4n) is 3.37. The molecule has 0 saturated carbocycles. The molecule has 0 spiro atoms. The average Bonchev–Trinajstić information content (AvgIpc) is 3.18. The Kier molecular flexibility index (Phi) is 5.04. The Labute approximate surface area is 147 Å². The number of carbonyl (C=O) groups excluding carboxylic acids is 2. The van der Waals surface area contributed by atoms with Crippen LogP contribution in [0.1, 0.15) is 30.9 Å². The molecule has 5 nitrogen and oxygen atoms in total. The first-order valence-corrected chi connectivity index (χ1v) is 8.52. The molecule has 0 bridgehead atoms. The minimum Gasteiger partial charge on any atom is -0.465 e. The van der Waals surface area contributed by atoms with Crippen molar-refractivity contribution >= 4 is 18.0 Å². The van der Waals surface area contributed by atoms with Crippen LogP contribution in [0.25, 0.3) is 6.08 Å². The maximum Gasteiger partial charge on any atom is 0.340 e. The van der Waals surface area contributed by atoms with Gasteiger partial charge in [-0.1, -0.05) is 29.8 Å². The number of rotatable bonds is 4. The van der Waals surface area contributed by atoms with E-state index in [1.165, 1.54) is 7.11 Å². The van der Waals surface area contributed by atoms with E-state index in [-0.39, 0.29) is 12.0 Å². The predicted molar refractivity (Wildman–Crippen MR) is 94.6 cm³/mol. The van der Waals surface area contributed by atoms with E-state index in [2.05, 4.69) is 0 Å². The van der Waals surface area contributed by atoms with Gasteiger partial charge in [0.1, 0.15) is 0 Å². The van der Waals surface area contributed by atoms with Crippen molar-refractivity contribution in [3.05, 3.63) is 52.2 Å². The average molecular weight is 341 g/mol. The third-order valence-corrected chi connectivity index (χ3v) is 4.66. The lowest BCUT2D eigenvalue weighted by Crippen LogP contribution is -2.33. The first-order chi connectivity index (χ1) is 12.0. The Bertz CT molecular complexity index is 757. The van der Waals surface area contributed by atoms with Crippen LogP contribution in [0.5, 0.6) is 0 Å². The number of allylic oxidation sites excluding steroid dienone is 1. The van der Waals surface area contributed by atoms with Gasteiger partial charge in [0.15, 0.2) is 0 Å². The van der Waals surface area contributed by atoms with Gasteiger partial charge in [0.05, 0.1) is 30.9 Å². The molecule has 132 valence electrons. The highest BCUT2D eigenvalue weighted by Gasteiger charge is 2.38. The third-order valence-electron chi connectivity index (χ3n) is 4.66. The van der Waals surface area contributed by atoms with E-state index >= 15 is 0 Å². The van der Waals surface area contributed by atoms with Gasteiger partial charge >= 0.3 is 5.97 Å². The molecular weight excluding hydrogens is 318 g/mol. The second kappa shape index (κ2) is 7.23. The Morgan fingerprint density at radius 1 is 1.40 bits per heavy atom. The van der Waals surface area contributed by atoms with Gasteiger partial charge in [-0.2, -0.15) is 0 Å². The summed E-state index contributed by atoms with van der Waals surface area (Å²) < 4.78 is 10.6. The SMILES string of the molecule is COC(=O)C1=C(C)N(CC2CCCO2)C(=O)/C1=C\c1cccc(C)c1. The van der Waals surface area contributed by atoms with Crippen LogP contribution < -0.4 is 0 Å². The fourth-order valence-corrected chi connectivity index (χ4v) is 3.37. The van der Waals surface area contributed by atoms with Gasteiger partial charge in [0.25, 0.3) is 5.91 Å². The van der Waals surface area contributed by atoms with Crippen LogP contribution in [0.2, 0.25) is 0 Å². The second-order valence-electron chi connectivity index (χ2n) is 6.47. The number of carbonyl (C=O) groups is 2. The Hall–Kier alpha value is -2.40. The zero-order valence-electron chi connectivity index (χ0n) is 14.9. The standard InChI is InChI=1S/C20H23NO4/c1-13-6-4-7-15(10-13)11-17-18(20(23)24-3)14(2)21(19(17)22)12-16-8-5-9-25-16/h4,6-7,10-11,16H,5,8-9,12H2,1-3H3/b17-11-. The highest BCUT2D eigenvalue weighted by Crippen LogP contribution is 2.32. The predicted octanol–water partition coefficient (Wildman–Crippen LogP) is 2.85. The molecule has 1 saturated heterocycles. The van der Waals surface area contributed by atoms with Crippen molar-refractivity contribution < 1.29 is 19.1 Å². The number of ether oxygens (including phenoxy) is 2. The molecule has 5 heteroatoms. The molecule has 1 atom stereocenters. The molecule has 25 heavy (non-hydrogen) atoms. The van der Waals surface area contributed by atoms with Gasteiger partial charge < -0.3 is 14.4 Å². The zero-order valence-corrected chi connectivity index (χ0v) is 14.9. The van der Waals surface area contributed by atoms with Crippen molar-refractivity contribution in [3.63, 3.8) is 0 Å². The fraction of sp³-hybridized carbons (Fsp3) is 0.400. The van der Waals surface area contributed by atoms with Gasteiger partial charge in [0.2, 0.25) is 0 Å². The lowest BCUT2D eigenvalue weighted by Gasteiger charge is -2.21. The highest BCUT2D eigenvalue weighted by molar-refractivity contribution is 6.16. The van der Waals surface area contributed by atoms with Crippen molar-refractivity contribution in [2.24, 2.45) is 0 Å². The van der Waals surface area contributed by atoms with E-state index in [0.717, 1.165) is 30.6 Å². The van der Waals surface area contributed by atoms with Crippen LogP contribution in [0.3, 0.4) is 0 Å². The second-order valence-corrected chi connectivity index (χ2v) is 6.47. The van der Waals surface area contributed by atoms with Crippen LogP contribution in [0.4, 0.5) is 0 Å². The normalized spacial score (nSPS) is 22.2. The van der Waals surface area contributed by atoms with Crippen LogP contribution in [-0.2, 0) is 19.1 Å². The summed E-state index contributed by atoms with van der Waals surface area (Å²) in [5.41, 5.74) is 3.33. The first-order valence-electron chi connectivity index (χ1n) is 8.52. The minimum atomic E-state index is -0.486. The molecular formula is C20H23NO4. The molecule has 1 aromatic carbocycles. The van der Waals surface area contributed by atoms with Crippen molar-refractivity contribution in [1.82, 2.24) is 4.90 Å². The first kappa shape index (κ1) is 17.4. The molecule has 0 aromatic heterocycles. The van der Waals surface area contributed by atoms with Gasteiger partial charge in [0, 0.05) is 12.3 Å². The van der Waals surface area contributed by atoms with Gasteiger partial charge in [-0.15, -0.1) is 0 Å². The summed E-state index contributed by atoms with van der Waals surface area (Å²) >= 11 is 0. The quantitative estimate of drug-likeness (QED) is 0.624. The molecule has 1 amide bonds. The lowest BCUT2D eigenvalue weighted by molar-refractivity contribution is -0.136. The van der Waals surface area contributed by atoms with Crippen LogP contribution in [-0.4, -0.2) is 43.1 Å². The summed E-state index contributed by atoms with van der Waals surface area (Å²) in [6.07, 6.45) is 3.73. The van der Waals surface area contributed by atoms with Gasteiger partial charge in [-0.3, -0.25) is 4.79 Å². The Balaban J connectivity index is 1.98. The van der Waals surface area contributed by atoms with E-state index in [1.807, 2.05) is 31.2 Å². The van der Waals surface area contributed by atoms with Gasteiger partial charge in [-0.05, 0) is 38.3 Å². The molecule has 3 rings (SSSR count). The topological polar surface area (TPSA) is 55.8 Å². The Morgan fingerprint density at radius 2 is 2.20 bits per heavy atom. The minimum absolute atomic E-state index is 0.0242. The van der Waals surface area contributed by atoms with E-state index in [0.29, 0.717) is 23.4 Å². The summed E-state index contributed by atoms with van der Waals surface area (Å²) in [5, 5.41) is 0. The summed E-state index contributed by atoms with van der Waals surface area (Å²) in [7, 11) is 1.33. The molecule has 2 heterocycles. The van der Waals surface area contributed by atoms with E-state index in [4.69, 9.17) is 9.47 Å². The largest absolute Gasteiger partial charge is 0.465 e. The van der Waals surface area contributed by atoms with Crippen LogP contribution >= 0.6 is 0 Å². The maximum absolute atomic E-state index is 13.0. The number of aryl methyl sites for hydroxylation is 1. The number of hydrogen-bond acceptors (Lipinski definition) is 4. The van der Waals surface area contributed by atoms with Crippen LogP contribution in [0, 0.1) is 6.92 Å². The number of amides is 1. The number of esters is 1. The zero-order chi connectivity index (χ0) is 18.0. The number of nitrogens with zero attached hydrogens (tertiary/aromatic N) is 1. The molecule has 0 N–H and O–H groups in total. The van der Waals surface area contributed by atoms with Crippen molar-refractivity contribution in [3.8, 4) is 0 Å². The van der Waals surface area contributed by atoms with Crippen LogP contribution in [0.15, 0.2) is 41.1 Å². The van der Waals surface area contributed by atoms with Gasteiger partial charge in [-0.25, -0.2) is 4.79 Å². The molecule has 2 aliphatic heterocycles. The molecule has 0 aliphatic carbocycles. The third kappa shape index (κ3) is 3.51. The summed E-state index contributed by atoms with van der Waals surface area (Å²) in [5.74, 6) is -0.658. The molecule has 2 aliphatic rings. The molecule has 1 aromatic rings. The monoisotopic (exact) mass is 341 g/mol. The summed E-state index contributed by atoms with van der Waals surface area (Å²) in [4.78, 5) is 26.9. The van der Waals surface area contributed by atoms with E-state index in [9.17, 15) is 9.59 Å². The molecule has 1 unspecified atom stereocenters. The van der Waals surface area contributed by atoms with Crippen molar-refractivity contribution in [2.45, 2.75) is 32.8 Å². The smallest absolute Gasteiger partial charge is 0.340 e. The maximum atomic E-state index is 13.0. The molecule has 1 fully saturated rings. The van der Waals surface area contributed by atoms with E-state index in [1.54, 1.807) is 17.9 Å². The summed E-state index contributed by atoms with van der Waals surface area (Å²) in [6.45, 7) is 4.97.